The average molecular weight is 305 g/mol. The van der Waals surface area contributed by atoms with Crippen LogP contribution in [0.3, 0.4) is 0 Å². The van der Waals surface area contributed by atoms with Crippen molar-refractivity contribution in [2.45, 2.75) is 13.3 Å². The van der Waals surface area contributed by atoms with Gasteiger partial charge in [-0.1, -0.05) is 6.92 Å². The number of carbonyl (C=O) groups is 2. The Labute approximate surface area is 128 Å². The lowest BCUT2D eigenvalue weighted by Gasteiger charge is -2.26. The predicted octanol–water partition coefficient (Wildman–Crippen LogP) is 1.42. The van der Waals surface area contributed by atoms with E-state index in [0.717, 1.165) is 25.4 Å². The molecule has 0 aliphatic carbocycles. The lowest BCUT2D eigenvalue weighted by atomic mass is 10.3. The number of ether oxygens (including phenoxy) is 1. The van der Waals surface area contributed by atoms with Crippen molar-refractivity contribution in [2.24, 2.45) is 0 Å². The van der Waals surface area contributed by atoms with Gasteiger partial charge < -0.3 is 19.4 Å². The second kappa shape index (κ2) is 6.23. The first-order valence-corrected chi connectivity index (χ1v) is 7.46. The van der Waals surface area contributed by atoms with Crippen molar-refractivity contribution < 1.29 is 18.7 Å². The molecule has 2 saturated heterocycles. The summed E-state index contributed by atoms with van der Waals surface area (Å²) in [6.07, 6.45) is 2.30. The summed E-state index contributed by atoms with van der Waals surface area (Å²) in [7, 11) is 0. The Hall–Kier alpha value is -2.28. The fraction of sp³-hybridized carbons (Fsp3) is 0.467. The number of furan rings is 1. The van der Waals surface area contributed by atoms with E-state index in [-0.39, 0.29) is 17.6 Å². The Bertz CT molecular complexity index is 602. The van der Waals surface area contributed by atoms with Crippen LogP contribution < -0.4 is 10.2 Å². The number of nitrogens with zero attached hydrogens (tertiary/aromatic N) is 2. The van der Waals surface area contributed by atoms with Gasteiger partial charge >= 0.3 is 6.03 Å². The molecule has 2 fully saturated rings. The number of amides is 3. The fourth-order valence-corrected chi connectivity index (χ4v) is 2.51. The molecular formula is C15H19N3O4. The number of hydrogen-bond acceptors (Lipinski definition) is 5. The number of imide groups is 1. The van der Waals surface area contributed by atoms with Crippen molar-refractivity contribution in [1.82, 2.24) is 10.2 Å². The Morgan fingerprint density at radius 1 is 1.27 bits per heavy atom. The number of hydrogen-bond donors (Lipinski definition) is 1. The Morgan fingerprint density at radius 3 is 2.77 bits per heavy atom. The molecule has 2 aliphatic heterocycles. The molecule has 118 valence electrons. The number of urea groups is 1. The summed E-state index contributed by atoms with van der Waals surface area (Å²) in [6.45, 7) is 5.25. The largest absolute Gasteiger partial charge is 0.441 e. The van der Waals surface area contributed by atoms with Gasteiger partial charge in [-0.05, 0) is 12.5 Å². The Morgan fingerprint density at radius 2 is 2.05 bits per heavy atom. The Balaban J connectivity index is 1.74. The molecule has 0 radical (unpaired) electrons. The number of anilines is 1. The summed E-state index contributed by atoms with van der Waals surface area (Å²) in [5.74, 6) is 0.983. The second-order valence-electron chi connectivity index (χ2n) is 5.22. The molecular weight excluding hydrogens is 286 g/mol. The van der Waals surface area contributed by atoms with Crippen LogP contribution in [0.2, 0.25) is 0 Å². The number of morpholine rings is 1. The minimum Gasteiger partial charge on any atom is -0.441 e. The molecule has 3 amide bonds. The highest BCUT2D eigenvalue weighted by atomic mass is 16.5. The second-order valence-corrected chi connectivity index (χ2v) is 5.22. The zero-order chi connectivity index (χ0) is 15.5. The van der Waals surface area contributed by atoms with Crippen LogP contribution in [0.25, 0.3) is 6.08 Å². The molecule has 1 N–H and O–H groups in total. The molecule has 0 aromatic carbocycles. The maximum atomic E-state index is 12.1. The van der Waals surface area contributed by atoms with Gasteiger partial charge in [0.05, 0.1) is 13.2 Å². The molecule has 0 spiro atoms. The van der Waals surface area contributed by atoms with Crippen molar-refractivity contribution in [3.8, 4) is 0 Å². The third-order valence-electron chi connectivity index (χ3n) is 3.63. The van der Waals surface area contributed by atoms with Gasteiger partial charge in [-0.15, -0.1) is 0 Å². The quantitative estimate of drug-likeness (QED) is 0.672. The summed E-state index contributed by atoms with van der Waals surface area (Å²) >= 11 is 0. The average Bonchev–Trinajstić information content (AvgIpc) is 3.09. The van der Waals surface area contributed by atoms with Crippen molar-refractivity contribution >= 4 is 23.9 Å². The predicted molar refractivity (Wildman–Crippen MR) is 80.3 cm³/mol. The number of rotatable bonds is 4. The lowest BCUT2D eigenvalue weighted by Crippen LogP contribution is -2.35. The number of carbonyl (C=O) groups excluding carboxylic acids is 2. The van der Waals surface area contributed by atoms with Crippen molar-refractivity contribution in [2.75, 3.05) is 37.7 Å². The molecule has 1 aromatic rings. The van der Waals surface area contributed by atoms with Crippen LogP contribution in [-0.2, 0) is 9.53 Å². The molecule has 0 unspecified atom stereocenters. The smallest absolute Gasteiger partial charge is 0.329 e. The van der Waals surface area contributed by atoms with Gasteiger partial charge in [-0.2, -0.15) is 0 Å². The summed E-state index contributed by atoms with van der Waals surface area (Å²) < 4.78 is 11.0. The topological polar surface area (TPSA) is 75.0 Å². The molecule has 3 rings (SSSR count). The van der Waals surface area contributed by atoms with E-state index in [2.05, 4.69) is 10.2 Å². The van der Waals surface area contributed by atoms with Crippen LogP contribution in [0.1, 0.15) is 19.1 Å². The van der Waals surface area contributed by atoms with E-state index in [0.29, 0.717) is 25.5 Å². The molecule has 22 heavy (non-hydrogen) atoms. The highest BCUT2D eigenvalue weighted by Crippen LogP contribution is 2.22. The zero-order valence-electron chi connectivity index (χ0n) is 12.5. The normalized spacial score (nSPS) is 20.9. The standard InChI is InChI=1S/C15H19N3O4/c1-2-5-18-14(19)12(16-15(18)20)10-11-3-4-13(22-11)17-6-8-21-9-7-17/h3-4,10H,2,5-9H2,1H3,(H,16,20)/b12-10+. The Kier molecular flexibility index (Phi) is 4.15. The van der Waals surface area contributed by atoms with Crippen LogP contribution in [0, 0.1) is 0 Å². The van der Waals surface area contributed by atoms with Gasteiger partial charge in [0.1, 0.15) is 11.5 Å². The fourth-order valence-electron chi connectivity index (χ4n) is 2.51. The van der Waals surface area contributed by atoms with Gasteiger partial charge in [0.15, 0.2) is 5.88 Å². The van der Waals surface area contributed by atoms with E-state index in [4.69, 9.17) is 9.15 Å². The molecule has 1 aromatic heterocycles. The van der Waals surface area contributed by atoms with E-state index in [9.17, 15) is 9.59 Å². The van der Waals surface area contributed by atoms with Gasteiger partial charge in [0, 0.05) is 31.8 Å². The minimum absolute atomic E-state index is 0.251. The van der Waals surface area contributed by atoms with Crippen LogP contribution >= 0.6 is 0 Å². The minimum atomic E-state index is -0.377. The molecule has 7 nitrogen and oxygen atoms in total. The summed E-state index contributed by atoms with van der Waals surface area (Å²) in [6, 6.07) is 3.28. The van der Waals surface area contributed by atoms with Gasteiger partial charge in [-0.3, -0.25) is 9.69 Å². The first-order valence-electron chi connectivity index (χ1n) is 7.46. The van der Waals surface area contributed by atoms with Crippen LogP contribution in [0.15, 0.2) is 22.2 Å². The SMILES string of the molecule is CCCN1C(=O)N/C(=C/c2ccc(N3CCOCC3)o2)C1=O. The zero-order valence-corrected chi connectivity index (χ0v) is 12.5. The third-order valence-corrected chi connectivity index (χ3v) is 3.63. The van der Waals surface area contributed by atoms with E-state index in [1.807, 2.05) is 13.0 Å². The third kappa shape index (κ3) is 2.85. The maximum Gasteiger partial charge on any atom is 0.329 e. The highest BCUT2D eigenvalue weighted by Gasteiger charge is 2.32. The van der Waals surface area contributed by atoms with Gasteiger partial charge in [0.25, 0.3) is 5.91 Å². The number of nitrogens with one attached hydrogen (secondary N) is 1. The van der Waals surface area contributed by atoms with E-state index in [1.54, 1.807) is 12.1 Å². The van der Waals surface area contributed by atoms with Gasteiger partial charge in [-0.25, -0.2) is 4.79 Å². The highest BCUT2D eigenvalue weighted by molar-refractivity contribution is 6.13. The van der Waals surface area contributed by atoms with Gasteiger partial charge in [0.2, 0.25) is 0 Å². The van der Waals surface area contributed by atoms with Crippen molar-refractivity contribution in [3.05, 3.63) is 23.6 Å². The summed E-state index contributed by atoms with van der Waals surface area (Å²) in [5.41, 5.74) is 0.251. The lowest BCUT2D eigenvalue weighted by molar-refractivity contribution is -0.122. The molecule has 0 atom stereocenters. The van der Waals surface area contributed by atoms with E-state index in [1.165, 1.54) is 4.90 Å². The summed E-state index contributed by atoms with van der Waals surface area (Å²) in [4.78, 5) is 27.1. The van der Waals surface area contributed by atoms with Crippen LogP contribution in [-0.4, -0.2) is 49.7 Å². The van der Waals surface area contributed by atoms with Crippen molar-refractivity contribution in [3.63, 3.8) is 0 Å². The molecule has 7 heteroatoms. The van der Waals surface area contributed by atoms with E-state index < -0.39 is 0 Å². The molecule has 3 heterocycles. The van der Waals surface area contributed by atoms with Crippen molar-refractivity contribution in [1.29, 1.82) is 0 Å². The molecule has 0 saturated carbocycles. The molecule has 0 bridgehead atoms. The maximum absolute atomic E-state index is 12.1. The monoisotopic (exact) mass is 305 g/mol. The first kappa shape index (κ1) is 14.6. The van der Waals surface area contributed by atoms with Crippen LogP contribution in [0.4, 0.5) is 10.7 Å². The van der Waals surface area contributed by atoms with E-state index >= 15 is 0 Å². The molecule has 2 aliphatic rings. The summed E-state index contributed by atoms with van der Waals surface area (Å²) in [5, 5.41) is 2.58. The van der Waals surface area contributed by atoms with Crippen LogP contribution in [0.5, 0.6) is 0 Å². The first-order chi connectivity index (χ1) is 10.7.